The molecule has 1 aromatic rings. The summed E-state index contributed by atoms with van der Waals surface area (Å²) in [6.45, 7) is 3.24. The summed E-state index contributed by atoms with van der Waals surface area (Å²) < 4.78 is 12.7. The number of amides is 1. The number of hydrogen-bond acceptors (Lipinski definition) is 2. The van der Waals surface area contributed by atoms with E-state index in [4.69, 9.17) is 0 Å². The Bertz CT molecular complexity index is 363. The second-order valence-electron chi connectivity index (χ2n) is 3.93. The largest absolute Gasteiger partial charge is 0.340 e. The Hall–Kier alpha value is -0.316. The van der Waals surface area contributed by atoms with Gasteiger partial charge in [0, 0.05) is 58.9 Å². The number of nitrogens with one attached hydrogen (secondary N) is 1. The van der Waals surface area contributed by atoms with E-state index in [0.717, 1.165) is 31.7 Å². The Kier molecular flexibility index (Phi) is 6.24. The smallest absolute Gasteiger partial charge is 0.227 e. The molecule has 0 aromatic heterocycles. The molecule has 2 rings (SSSR count). The zero-order valence-corrected chi connectivity index (χ0v) is 12.5. The number of hydrogen-bond donors (Lipinski definition) is 1. The van der Waals surface area contributed by atoms with Crippen molar-refractivity contribution < 1.29 is 41.9 Å². The molecule has 3 nitrogen and oxygen atoms in total. The average molecular weight is 311 g/mol. The van der Waals surface area contributed by atoms with Crippen molar-refractivity contribution in [3.05, 3.63) is 35.6 Å². The Balaban J connectivity index is 0.00000144. The average Bonchev–Trinajstić information content (AvgIpc) is 2.33. The summed E-state index contributed by atoms with van der Waals surface area (Å²) in [4.78, 5) is 13.7. The van der Waals surface area contributed by atoms with E-state index in [-0.39, 0.29) is 44.4 Å². The molecule has 5 heteroatoms. The van der Waals surface area contributed by atoms with E-state index in [1.54, 1.807) is 12.1 Å². The van der Waals surface area contributed by atoms with Gasteiger partial charge >= 0.3 is 0 Å². The van der Waals surface area contributed by atoms with Crippen molar-refractivity contribution in [1.29, 1.82) is 0 Å². The molecular weight excluding hydrogens is 296 g/mol. The SMILES string of the molecule is O=C(Cc1ccc(F)cc1)N1CCNCC1.[Y]. The standard InChI is InChI=1S/C12H15FN2O.Y/c13-11-3-1-10(2-4-11)9-12(16)15-7-5-14-6-8-15;/h1-4,14H,5-9H2;. The van der Waals surface area contributed by atoms with Gasteiger partial charge < -0.3 is 10.2 Å². The van der Waals surface area contributed by atoms with Crippen molar-refractivity contribution in [2.24, 2.45) is 0 Å². The normalized spacial score (nSPS) is 15.2. The van der Waals surface area contributed by atoms with Crippen molar-refractivity contribution in [3.63, 3.8) is 0 Å². The Morgan fingerprint density at radius 2 is 1.82 bits per heavy atom. The van der Waals surface area contributed by atoms with Gasteiger partial charge in [0.15, 0.2) is 0 Å². The van der Waals surface area contributed by atoms with Gasteiger partial charge in [-0.25, -0.2) is 4.39 Å². The van der Waals surface area contributed by atoms with Crippen LogP contribution in [0.2, 0.25) is 0 Å². The van der Waals surface area contributed by atoms with Gasteiger partial charge in [0.25, 0.3) is 0 Å². The minimum Gasteiger partial charge on any atom is -0.340 e. The molecule has 1 N–H and O–H groups in total. The van der Waals surface area contributed by atoms with Crippen LogP contribution in [-0.2, 0) is 43.9 Å². The summed E-state index contributed by atoms with van der Waals surface area (Å²) in [5, 5.41) is 3.20. The molecule has 1 aliphatic rings. The number of rotatable bonds is 2. The van der Waals surface area contributed by atoms with Gasteiger partial charge in [-0.1, -0.05) is 12.1 Å². The fourth-order valence-corrected chi connectivity index (χ4v) is 1.80. The minimum absolute atomic E-state index is 0. The molecule has 0 aliphatic carbocycles. The van der Waals surface area contributed by atoms with Crippen molar-refractivity contribution in [3.8, 4) is 0 Å². The first kappa shape index (κ1) is 14.7. The summed E-state index contributed by atoms with van der Waals surface area (Å²) in [5.41, 5.74) is 0.866. The van der Waals surface area contributed by atoms with Gasteiger partial charge in [-0.05, 0) is 17.7 Å². The number of carbonyl (C=O) groups excluding carboxylic acids is 1. The molecule has 0 spiro atoms. The van der Waals surface area contributed by atoms with Crippen molar-refractivity contribution in [2.45, 2.75) is 6.42 Å². The van der Waals surface area contributed by atoms with Crippen LogP contribution in [0.1, 0.15) is 5.56 Å². The summed E-state index contributed by atoms with van der Waals surface area (Å²) in [5.74, 6) is -0.147. The monoisotopic (exact) mass is 311 g/mol. The second kappa shape index (κ2) is 7.19. The number of nitrogens with zero attached hydrogens (tertiary/aromatic N) is 1. The Labute approximate surface area is 126 Å². The molecule has 0 atom stereocenters. The van der Waals surface area contributed by atoms with Crippen LogP contribution in [0.25, 0.3) is 0 Å². The third-order valence-electron chi connectivity index (χ3n) is 2.74. The molecule has 0 unspecified atom stereocenters. The molecule has 89 valence electrons. The number of halogens is 1. The van der Waals surface area contributed by atoms with E-state index in [1.165, 1.54) is 12.1 Å². The van der Waals surface area contributed by atoms with E-state index in [9.17, 15) is 9.18 Å². The van der Waals surface area contributed by atoms with E-state index in [2.05, 4.69) is 5.32 Å². The maximum atomic E-state index is 12.7. The fourth-order valence-electron chi connectivity index (χ4n) is 1.80. The molecule has 1 radical (unpaired) electrons. The van der Waals surface area contributed by atoms with Crippen LogP contribution >= 0.6 is 0 Å². The summed E-state index contributed by atoms with van der Waals surface area (Å²) in [6.07, 6.45) is 0.361. The summed E-state index contributed by atoms with van der Waals surface area (Å²) in [6, 6.07) is 6.10. The first-order valence-corrected chi connectivity index (χ1v) is 5.48. The quantitative estimate of drug-likeness (QED) is 0.876. The molecule has 0 saturated carbocycles. The topological polar surface area (TPSA) is 32.3 Å². The number of carbonyl (C=O) groups is 1. The molecular formula is C12H15FN2OY. The first-order valence-electron chi connectivity index (χ1n) is 5.48. The van der Waals surface area contributed by atoms with Gasteiger partial charge in [0.1, 0.15) is 5.82 Å². The Morgan fingerprint density at radius 3 is 2.41 bits per heavy atom. The zero-order valence-electron chi connectivity index (χ0n) is 9.66. The maximum Gasteiger partial charge on any atom is 0.227 e. The maximum absolute atomic E-state index is 12.7. The van der Waals surface area contributed by atoms with E-state index < -0.39 is 0 Å². The molecule has 1 amide bonds. The molecule has 17 heavy (non-hydrogen) atoms. The van der Waals surface area contributed by atoms with Crippen LogP contribution in [0.5, 0.6) is 0 Å². The van der Waals surface area contributed by atoms with Crippen LogP contribution in [0.4, 0.5) is 4.39 Å². The molecule has 1 saturated heterocycles. The van der Waals surface area contributed by atoms with Gasteiger partial charge in [0.05, 0.1) is 6.42 Å². The van der Waals surface area contributed by atoms with Crippen LogP contribution < -0.4 is 5.32 Å². The number of benzene rings is 1. The third-order valence-corrected chi connectivity index (χ3v) is 2.74. The molecule has 1 fully saturated rings. The van der Waals surface area contributed by atoms with Crippen LogP contribution in [0.3, 0.4) is 0 Å². The van der Waals surface area contributed by atoms with Gasteiger partial charge in [-0.2, -0.15) is 0 Å². The van der Waals surface area contributed by atoms with Crippen molar-refractivity contribution in [2.75, 3.05) is 26.2 Å². The van der Waals surface area contributed by atoms with E-state index in [1.807, 2.05) is 4.90 Å². The zero-order chi connectivity index (χ0) is 11.4. The number of piperazine rings is 1. The first-order chi connectivity index (χ1) is 7.75. The van der Waals surface area contributed by atoms with Crippen LogP contribution in [0, 0.1) is 5.82 Å². The van der Waals surface area contributed by atoms with Crippen molar-refractivity contribution >= 4 is 5.91 Å². The fraction of sp³-hybridized carbons (Fsp3) is 0.417. The molecule has 0 bridgehead atoms. The Morgan fingerprint density at radius 1 is 1.24 bits per heavy atom. The molecule has 1 aromatic carbocycles. The predicted molar refractivity (Wildman–Crippen MR) is 59.6 cm³/mol. The van der Waals surface area contributed by atoms with Crippen LogP contribution in [-0.4, -0.2) is 37.0 Å². The van der Waals surface area contributed by atoms with Gasteiger partial charge in [-0.3, -0.25) is 4.79 Å². The van der Waals surface area contributed by atoms with Gasteiger partial charge in [0.2, 0.25) is 5.91 Å². The van der Waals surface area contributed by atoms with Gasteiger partial charge in [-0.15, -0.1) is 0 Å². The molecule has 1 heterocycles. The minimum atomic E-state index is -0.265. The van der Waals surface area contributed by atoms with Crippen molar-refractivity contribution in [1.82, 2.24) is 10.2 Å². The van der Waals surface area contributed by atoms with E-state index in [0.29, 0.717) is 6.42 Å². The van der Waals surface area contributed by atoms with Crippen LogP contribution in [0.15, 0.2) is 24.3 Å². The molecule has 1 aliphatic heterocycles. The summed E-state index contributed by atoms with van der Waals surface area (Å²) >= 11 is 0. The van der Waals surface area contributed by atoms with E-state index >= 15 is 0 Å². The third kappa shape index (κ3) is 4.45. The predicted octanol–water partition coefficient (Wildman–Crippen LogP) is 0.798. The second-order valence-corrected chi connectivity index (χ2v) is 3.93. The summed E-state index contributed by atoms with van der Waals surface area (Å²) in [7, 11) is 0.